The monoisotopic (exact) mass is 423 g/mol. The van der Waals surface area contributed by atoms with Crippen LogP contribution in [0.3, 0.4) is 0 Å². The van der Waals surface area contributed by atoms with Gasteiger partial charge in [0.15, 0.2) is 5.25 Å². The molecule has 0 bridgehead atoms. The van der Waals surface area contributed by atoms with Crippen LogP contribution in [-0.4, -0.2) is 47.5 Å². The predicted octanol–water partition coefficient (Wildman–Crippen LogP) is 3.37. The minimum Gasteiger partial charge on any atom is -0.341 e. The number of benzene rings is 2. The Morgan fingerprint density at radius 3 is 2.57 bits per heavy atom. The summed E-state index contributed by atoms with van der Waals surface area (Å²) in [5.74, 6) is -0.771. The van der Waals surface area contributed by atoms with Crippen LogP contribution in [0.1, 0.15) is 24.0 Å². The van der Waals surface area contributed by atoms with Gasteiger partial charge in [-0.15, -0.1) is 11.8 Å². The molecule has 6 nitrogen and oxygen atoms in total. The number of nitrogens with zero attached hydrogens (tertiary/aromatic N) is 2. The summed E-state index contributed by atoms with van der Waals surface area (Å²) in [6.07, 6.45) is 1.94. The minimum absolute atomic E-state index is 0.131. The van der Waals surface area contributed by atoms with Gasteiger partial charge in [0.2, 0.25) is 11.8 Å². The van der Waals surface area contributed by atoms with Gasteiger partial charge in [0, 0.05) is 23.7 Å². The average Bonchev–Trinajstić information content (AvgIpc) is 3.26. The number of rotatable bonds is 4. The molecule has 7 heteroatoms. The van der Waals surface area contributed by atoms with Crippen LogP contribution in [-0.2, 0) is 14.4 Å². The van der Waals surface area contributed by atoms with Crippen molar-refractivity contribution in [3.05, 3.63) is 53.6 Å². The Balaban J connectivity index is 1.56. The van der Waals surface area contributed by atoms with E-state index in [1.54, 1.807) is 4.90 Å². The third kappa shape index (κ3) is 4.07. The maximum Gasteiger partial charge on any atom is 0.250 e. The van der Waals surface area contributed by atoms with Gasteiger partial charge in [0.1, 0.15) is 6.54 Å². The van der Waals surface area contributed by atoms with Crippen LogP contribution in [0.4, 0.5) is 11.4 Å². The summed E-state index contributed by atoms with van der Waals surface area (Å²) in [5, 5.41) is 2.06. The lowest BCUT2D eigenvalue weighted by Crippen LogP contribution is -2.51. The smallest absolute Gasteiger partial charge is 0.250 e. The van der Waals surface area contributed by atoms with Crippen LogP contribution in [0.25, 0.3) is 0 Å². The van der Waals surface area contributed by atoms with Crippen molar-refractivity contribution in [2.45, 2.75) is 36.8 Å². The molecule has 0 aliphatic carbocycles. The third-order valence-corrected chi connectivity index (χ3v) is 6.73. The summed E-state index contributed by atoms with van der Waals surface area (Å²) in [7, 11) is 0. The summed E-state index contributed by atoms with van der Waals surface area (Å²) in [6.45, 7) is 5.19. The fraction of sp³-hybridized carbons (Fsp3) is 0.348. The number of amides is 3. The molecule has 1 fully saturated rings. The Bertz CT molecular complexity index is 1000. The normalized spacial score (nSPS) is 18.3. The lowest BCUT2D eigenvalue weighted by atomic mass is 10.1. The van der Waals surface area contributed by atoms with Crippen LogP contribution in [0.15, 0.2) is 47.4 Å². The molecule has 156 valence electrons. The van der Waals surface area contributed by atoms with Crippen LogP contribution < -0.4 is 10.2 Å². The van der Waals surface area contributed by atoms with Crippen molar-refractivity contribution in [2.75, 3.05) is 29.9 Å². The number of para-hydroxylation sites is 1. The Hall–Kier alpha value is -2.80. The van der Waals surface area contributed by atoms with Crippen molar-refractivity contribution in [3.8, 4) is 0 Å². The van der Waals surface area contributed by atoms with Gasteiger partial charge in [0.05, 0.1) is 5.69 Å². The van der Waals surface area contributed by atoms with Gasteiger partial charge in [-0.2, -0.15) is 0 Å². The zero-order valence-electron chi connectivity index (χ0n) is 17.2. The molecule has 1 N–H and O–H groups in total. The summed E-state index contributed by atoms with van der Waals surface area (Å²) in [4.78, 5) is 43.1. The van der Waals surface area contributed by atoms with E-state index in [9.17, 15) is 14.4 Å². The second-order valence-electron chi connectivity index (χ2n) is 7.79. The molecule has 0 unspecified atom stereocenters. The van der Waals surface area contributed by atoms with E-state index >= 15 is 0 Å². The first-order valence-electron chi connectivity index (χ1n) is 10.2. The maximum atomic E-state index is 13.3. The fourth-order valence-electron chi connectivity index (χ4n) is 3.93. The lowest BCUT2D eigenvalue weighted by molar-refractivity contribution is -0.134. The van der Waals surface area contributed by atoms with E-state index in [0.717, 1.165) is 34.6 Å². The molecular formula is C23H25N3O3S. The summed E-state index contributed by atoms with van der Waals surface area (Å²) in [5.41, 5.74) is 3.48. The predicted molar refractivity (Wildman–Crippen MR) is 119 cm³/mol. The highest BCUT2D eigenvalue weighted by Crippen LogP contribution is 2.40. The molecule has 2 aliphatic rings. The van der Waals surface area contributed by atoms with Crippen molar-refractivity contribution in [3.63, 3.8) is 0 Å². The number of hydrogen-bond donors (Lipinski definition) is 1. The number of carbonyl (C=O) groups excluding carboxylic acids is 3. The van der Waals surface area contributed by atoms with Crippen molar-refractivity contribution >= 4 is 40.9 Å². The second-order valence-corrected chi connectivity index (χ2v) is 8.94. The molecule has 0 saturated carbocycles. The van der Waals surface area contributed by atoms with Crippen molar-refractivity contribution in [1.29, 1.82) is 0 Å². The van der Waals surface area contributed by atoms with Gasteiger partial charge in [0.25, 0.3) is 5.91 Å². The molecule has 30 heavy (non-hydrogen) atoms. The number of carbonyl (C=O) groups is 3. The molecule has 0 spiro atoms. The van der Waals surface area contributed by atoms with Gasteiger partial charge in [-0.25, -0.2) is 0 Å². The number of likely N-dealkylation sites (tertiary alicyclic amines) is 1. The quantitative estimate of drug-likeness (QED) is 0.766. The first kappa shape index (κ1) is 20.5. The van der Waals surface area contributed by atoms with E-state index in [1.165, 1.54) is 16.7 Å². The third-order valence-electron chi connectivity index (χ3n) is 5.49. The number of hydrogen-bond acceptors (Lipinski definition) is 4. The van der Waals surface area contributed by atoms with E-state index in [4.69, 9.17) is 0 Å². The van der Waals surface area contributed by atoms with Crippen LogP contribution in [0, 0.1) is 13.8 Å². The molecule has 1 saturated heterocycles. The summed E-state index contributed by atoms with van der Waals surface area (Å²) < 4.78 is 0. The molecule has 2 aromatic carbocycles. The lowest BCUT2D eigenvalue weighted by Gasteiger charge is -2.34. The zero-order valence-corrected chi connectivity index (χ0v) is 18.0. The number of nitrogens with one attached hydrogen (secondary N) is 1. The first-order valence-corrected chi connectivity index (χ1v) is 11.0. The first-order chi connectivity index (χ1) is 14.4. The zero-order chi connectivity index (χ0) is 21.3. The highest BCUT2D eigenvalue weighted by atomic mass is 32.2. The molecule has 2 aliphatic heterocycles. The molecular weight excluding hydrogens is 398 g/mol. The van der Waals surface area contributed by atoms with E-state index in [0.29, 0.717) is 18.8 Å². The molecule has 0 aromatic heterocycles. The second kappa shape index (κ2) is 8.52. The van der Waals surface area contributed by atoms with E-state index < -0.39 is 5.25 Å². The van der Waals surface area contributed by atoms with Gasteiger partial charge in [-0.05, 0) is 50.5 Å². The molecule has 1 atom stereocenters. The topological polar surface area (TPSA) is 69.7 Å². The summed E-state index contributed by atoms with van der Waals surface area (Å²) in [6, 6.07) is 13.2. The van der Waals surface area contributed by atoms with E-state index in [2.05, 4.69) is 5.32 Å². The molecule has 4 rings (SSSR count). The highest BCUT2D eigenvalue weighted by Gasteiger charge is 2.41. The number of aryl methyl sites for hydroxylation is 2. The van der Waals surface area contributed by atoms with Crippen LogP contribution in [0.5, 0.6) is 0 Å². The van der Waals surface area contributed by atoms with Crippen molar-refractivity contribution in [2.24, 2.45) is 0 Å². The number of fused-ring (bicyclic) bond motifs is 1. The van der Waals surface area contributed by atoms with Crippen LogP contribution >= 0.6 is 11.8 Å². The molecule has 2 aromatic rings. The Labute approximate surface area is 180 Å². The highest BCUT2D eigenvalue weighted by molar-refractivity contribution is 8.01. The Morgan fingerprint density at radius 1 is 1.10 bits per heavy atom. The molecule has 3 amide bonds. The summed E-state index contributed by atoms with van der Waals surface area (Å²) >= 11 is 1.28. The van der Waals surface area contributed by atoms with E-state index in [1.807, 2.05) is 56.3 Å². The number of thioether (sulfide) groups is 1. The van der Waals surface area contributed by atoms with Crippen molar-refractivity contribution in [1.82, 2.24) is 4.90 Å². The molecule has 0 radical (unpaired) electrons. The van der Waals surface area contributed by atoms with Gasteiger partial charge in [-0.1, -0.05) is 29.8 Å². The van der Waals surface area contributed by atoms with Gasteiger partial charge >= 0.3 is 0 Å². The van der Waals surface area contributed by atoms with Gasteiger partial charge in [-0.3, -0.25) is 14.4 Å². The Kier molecular flexibility index (Phi) is 5.81. The molecule has 2 heterocycles. The largest absolute Gasteiger partial charge is 0.341 e. The maximum absolute atomic E-state index is 13.3. The van der Waals surface area contributed by atoms with Gasteiger partial charge < -0.3 is 15.1 Å². The van der Waals surface area contributed by atoms with Crippen molar-refractivity contribution < 1.29 is 14.4 Å². The minimum atomic E-state index is -0.841. The Morgan fingerprint density at radius 2 is 1.83 bits per heavy atom. The fourth-order valence-corrected chi connectivity index (χ4v) is 5.12. The SMILES string of the molecule is Cc1ccc(NC(=O)CN2C(=O)[C@H](C(=O)N3CCCC3)Sc3ccccc32)c(C)c1. The number of anilines is 2. The van der Waals surface area contributed by atoms with E-state index in [-0.39, 0.29) is 24.3 Å². The van der Waals surface area contributed by atoms with Crippen LogP contribution in [0.2, 0.25) is 0 Å². The average molecular weight is 424 g/mol. The standard InChI is InChI=1S/C23H25N3O3S/c1-15-9-10-17(16(2)13-15)24-20(27)14-26-18-7-3-4-8-19(18)30-21(23(26)29)22(28)25-11-5-6-12-25/h3-4,7-10,13,21H,5-6,11-12,14H2,1-2H3,(H,24,27)/t21-/m0/s1.